The summed E-state index contributed by atoms with van der Waals surface area (Å²) in [4.78, 5) is 0. The van der Waals surface area contributed by atoms with Gasteiger partial charge in [0.05, 0.1) is 12.7 Å². The van der Waals surface area contributed by atoms with E-state index in [4.69, 9.17) is 9.84 Å². The van der Waals surface area contributed by atoms with E-state index < -0.39 is 0 Å². The lowest BCUT2D eigenvalue weighted by atomic mass is 10.1. The molecule has 3 heteroatoms. The van der Waals surface area contributed by atoms with Gasteiger partial charge in [-0.05, 0) is 36.6 Å². The van der Waals surface area contributed by atoms with E-state index in [-0.39, 0.29) is 12.7 Å². The standard InChI is InChI=1S/C18H23NO2/c1-3-14(2)21-18-6-4-5-17(11-18)19-12-15-7-9-16(13-20)10-8-15/h4-11,14,19-20H,3,12-13H2,1-2H3. The fourth-order valence-corrected chi connectivity index (χ4v) is 1.96. The normalized spacial score (nSPS) is 12.0. The highest BCUT2D eigenvalue weighted by atomic mass is 16.5. The van der Waals surface area contributed by atoms with Gasteiger partial charge in [-0.1, -0.05) is 37.3 Å². The maximum absolute atomic E-state index is 9.03. The maximum atomic E-state index is 9.03. The van der Waals surface area contributed by atoms with Crippen LogP contribution in [0.1, 0.15) is 31.4 Å². The zero-order valence-corrected chi connectivity index (χ0v) is 12.7. The van der Waals surface area contributed by atoms with Crippen LogP contribution in [-0.2, 0) is 13.2 Å². The van der Waals surface area contributed by atoms with Crippen molar-refractivity contribution in [3.63, 3.8) is 0 Å². The highest BCUT2D eigenvalue weighted by molar-refractivity contribution is 5.48. The Balaban J connectivity index is 1.94. The molecule has 2 aromatic rings. The van der Waals surface area contributed by atoms with Crippen molar-refractivity contribution in [1.29, 1.82) is 0 Å². The van der Waals surface area contributed by atoms with Gasteiger partial charge in [0, 0.05) is 18.3 Å². The van der Waals surface area contributed by atoms with E-state index in [0.717, 1.165) is 30.0 Å². The molecule has 1 unspecified atom stereocenters. The van der Waals surface area contributed by atoms with Gasteiger partial charge < -0.3 is 15.2 Å². The van der Waals surface area contributed by atoms with Crippen LogP contribution in [0.25, 0.3) is 0 Å². The molecule has 0 heterocycles. The summed E-state index contributed by atoms with van der Waals surface area (Å²) in [6, 6.07) is 16.0. The van der Waals surface area contributed by atoms with E-state index in [0.29, 0.717) is 0 Å². The van der Waals surface area contributed by atoms with Gasteiger partial charge in [-0.25, -0.2) is 0 Å². The first kappa shape index (κ1) is 15.4. The molecule has 0 aliphatic heterocycles. The molecule has 0 aliphatic rings. The van der Waals surface area contributed by atoms with Crippen molar-refractivity contribution in [1.82, 2.24) is 0 Å². The van der Waals surface area contributed by atoms with Crippen LogP contribution >= 0.6 is 0 Å². The van der Waals surface area contributed by atoms with Crippen molar-refractivity contribution in [3.8, 4) is 5.75 Å². The van der Waals surface area contributed by atoms with Crippen LogP contribution in [0, 0.1) is 0 Å². The largest absolute Gasteiger partial charge is 0.491 e. The second-order valence-electron chi connectivity index (χ2n) is 5.19. The zero-order valence-electron chi connectivity index (χ0n) is 12.7. The van der Waals surface area contributed by atoms with Crippen molar-refractivity contribution >= 4 is 5.69 Å². The molecule has 21 heavy (non-hydrogen) atoms. The second kappa shape index (κ2) is 7.70. The van der Waals surface area contributed by atoms with Gasteiger partial charge in [-0.3, -0.25) is 0 Å². The van der Waals surface area contributed by atoms with Crippen LogP contribution in [0.2, 0.25) is 0 Å². The zero-order chi connectivity index (χ0) is 15.1. The quantitative estimate of drug-likeness (QED) is 0.809. The van der Waals surface area contributed by atoms with Gasteiger partial charge in [0.25, 0.3) is 0 Å². The Hall–Kier alpha value is -2.00. The van der Waals surface area contributed by atoms with E-state index in [2.05, 4.69) is 19.2 Å². The first-order chi connectivity index (χ1) is 10.2. The highest BCUT2D eigenvalue weighted by Gasteiger charge is 2.02. The molecule has 3 nitrogen and oxygen atoms in total. The minimum atomic E-state index is 0.0860. The number of benzene rings is 2. The second-order valence-corrected chi connectivity index (χ2v) is 5.19. The number of hydrogen-bond donors (Lipinski definition) is 2. The molecule has 0 amide bonds. The van der Waals surface area contributed by atoms with E-state index in [1.807, 2.05) is 48.5 Å². The van der Waals surface area contributed by atoms with Gasteiger partial charge in [0.1, 0.15) is 5.75 Å². The number of anilines is 1. The van der Waals surface area contributed by atoms with Gasteiger partial charge >= 0.3 is 0 Å². The van der Waals surface area contributed by atoms with Crippen LogP contribution in [-0.4, -0.2) is 11.2 Å². The van der Waals surface area contributed by atoms with E-state index >= 15 is 0 Å². The molecule has 0 bridgehead atoms. The van der Waals surface area contributed by atoms with Gasteiger partial charge in [0.15, 0.2) is 0 Å². The lowest BCUT2D eigenvalue weighted by Crippen LogP contribution is -2.09. The Morgan fingerprint density at radius 1 is 1.10 bits per heavy atom. The molecule has 0 saturated carbocycles. The summed E-state index contributed by atoms with van der Waals surface area (Å²) in [7, 11) is 0. The lowest BCUT2D eigenvalue weighted by molar-refractivity contribution is 0.217. The number of aliphatic hydroxyl groups excluding tert-OH is 1. The molecule has 1 atom stereocenters. The molecule has 2 aromatic carbocycles. The monoisotopic (exact) mass is 285 g/mol. The highest BCUT2D eigenvalue weighted by Crippen LogP contribution is 2.20. The maximum Gasteiger partial charge on any atom is 0.121 e. The average Bonchev–Trinajstić information content (AvgIpc) is 2.53. The van der Waals surface area contributed by atoms with Crippen molar-refractivity contribution in [2.45, 2.75) is 39.5 Å². The van der Waals surface area contributed by atoms with Crippen LogP contribution in [0.5, 0.6) is 5.75 Å². The molecule has 0 radical (unpaired) electrons. The van der Waals surface area contributed by atoms with Crippen molar-refractivity contribution in [3.05, 3.63) is 59.7 Å². The Morgan fingerprint density at radius 3 is 2.48 bits per heavy atom. The summed E-state index contributed by atoms with van der Waals surface area (Å²) < 4.78 is 5.82. The Labute approximate surface area is 126 Å². The van der Waals surface area contributed by atoms with Crippen LogP contribution < -0.4 is 10.1 Å². The SMILES string of the molecule is CCC(C)Oc1cccc(NCc2ccc(CO)cc2)c1. The summed E-state index contributed by atoms with van der Waals surface area (Å²) >= 11 is 0. The Bertz CT molecular complexity index is 551. The smallest absolute Gasteiger partial charge is 0.121 e. The molecule has 0 spiro atoms. The van der Waals surface area contributed by atoms with Crippen LogP contribution in [0.3, 0.4) is 0 Å². The van der Waals surface area contributed by atoms with E-state index in [9.17, 15) is 0 Å². The van der Waals surface area contributed by atoms with E-state index in [1.165, 1.54) is 5.56 Å². The first-order valence-electron chi connectivity index (χ1n) is 7.40. The molecule has 2 rings (SSSR count). The molecular formula is C18H23NO2. The summed E-state index contributed by atoms with van der Waals surface area (Å²) in [5.74, 6) is 0.893. The molecule has 0 fully saturated rings. The first-order valence-corrected chi connectivity index (χ1v) is 7.40. The summed E-state index contributed by atoms with van der Waals surface area (Å²) in [6.45, 7) is 5.02. The molecule has 112 valence electrons. The topological polar surface area (TPSA) is 41.5 Å². The lowest BCUT2D eigenvalue weighted by Gasteiger charge is -2.14. The summed E-state index contributed by atoms with van der Waals surface area (Å²) in [6.07, 6.45) is 1.22. The van der Waals surface area contributed by atoms with Crippen molar-refractivity contribution in [2.24, 2.45) is 0 Å². The molecular weight excluding hydrogens is 262 g/mol. The number of ether oxygens (including phenoxy) is 1. The van der Waals surface area contributed by atoms with Crippen molar-refractivity contribution < 1.29 is 9.84 Å². The Kier molecular flexibility index (Phi) is 5.64. The third kappa shape index (κ3) is 4.80. The van der Waals surface area contributed by atoms with Gasteiger partial charge in [-0.15, -0.1) is 0 Å². The third-order valence-electron chi connectivity index (χ3n) is 3.45. The number of aliphatic hydroxyl groups is 1. The predicted octanol–water partition coefficient (Wildman–Crippen LogP) is 3.97. The average molecular weight is 285 g/mol. The fourth-order valence-electron chi connectivity index (χ4n) is 1.96. The van der Waals surface area contributed by atoms with Gasteiger partial charge in [0.2, 0.25) is 0 Å². The fraction of sp³-hybridized carbons (Fsp3) is 0.333. The van der Waals surface area contributed by atoms with Crippen LogP contribution in [0.4, 0.5) is 5.69 Å². The molecule has 0 aromatic heterocycles. The third-order valence-corrected chi connectivity index (χ3v) is 3.45. The molecule has 2 N–H and O–H groups in total. The number of hydrogen-bond acceptors (Lipinski definition) is 3. The summed E-state index contributed by atoms with van der Waals surface area (Å²) in [5, 5.41) is 12.4. The number of rotatable bonds is 7. The van der Waals surface area contributed by atoms with Crippen LogP contribution in [0.15, 0.2) is 48.5 Å². The van der Waals surface area contributed by atoms with Gasteiger partial charge in [-0.2, -0.15) is 0 Å². The Morgan fingerprint density at radius 2 is 1.81 bits per heavy atom. The minimum absolute atomic E-state index is 0.0860. The molecule has 0 saturated heterocycles. The summed E-state index contributed by atoms with van der Waals surface area (Å²) in [5.41, 5.74) is 3.16. The number of nitrogens with one attached hydrogen (secondary N) is 1. The minimum Gasteiger partial charge on any atom is -0.491 e. The predicted molar refractivity (Wildman–Crippen MR) is 86.5 cm³/mol. The van der Waals surface area contributed by atoms with E-state index in [1.54, 1.807) is 0 Å². The molecule has 0 aliphatic carbocycles. The van der Waals surface area contributed by atoms with Crippen molar-refractivity contribution in [2.75, 3.05) is 5.32 Å².